The van der Waals surface area contributed by atoms with Crippen LogP contribution in [-0.4, -0.2) is 25.8 Å². The van der Waals surface area contributed by atoms with Crippen LogP contribution in [0.3, 0.4) is 0 Å². The lowest BCUT2D eigenvalue weighted by molar-refractivity contribution is -0.127. The Morgan fingerprint density at radius 2 is 1.92 bits per heavy atom. The van der Waals surface area contributed by atoms with E-state index in [2.05, 4.69) is 20.4 Å². The SMILES string of the molecule is Cc1cc(N[C@H](C)c2ccc(CC(F)(F)F)cc2)n2ncnc2n1. The number of nitrogens with zero attached hydrogens (tertiary/aromatic N) is 4. The molecule has 3 aromatic rings. The number of benzene rings is 1. The summed E-state index contributed by atoms with van der Waals surface area (Å²) in [6, 6.07) is 8.14. The molecule has 2 aromatic heterocycles. The van der Waals surface area contributed by atoms with Crippen LogP contribution in [0.15, 0.2) is 36.7 Å². The first kappa shape index (κ1) is 16.2. The van der Waals surface area contributed by atoms with Gasteiger partial charge in [0.1, 0.15) is 12.1 Å². The Bertz CT molecular complexity index is 839. The first-order valence-corrected chi connectivity index (χ1v) is 7.41. The smallest absolute Gasteiger partial charge is 0.363 e. The van der Waals surface area contributed by atoms with E-state index in [9.17, 15) is 13.2 Å². The number of hydrogen-bond acceptors (Lipinski definition) is 4. The molecule has 3 rings (SSSR count). The third-order valence-electron chi connectivity index (χ3n) is 3.63. The van der Waals surface area contributed by atoms with Gasteiger partial charge in [-0.1, -0.05) is 24.3 Å². The number of nitrogens with one attached hydrogen (secondary N) is 1. The number of aryl methyl sites for hydroxylation is 1. The average molecular weight is 335 g/mol. The Kier molecular flexibility index (Phi) is 4.13. The van der Waals surface area contributed by atoms with Crippen molar-refractivity contribution < 1.29 is 13.2 Å². The van der Waals surface area contributed by atoms with Gasteiger partial charge in [0.25, 0.3) is 5.78 Å². The molecule has 0 unspecified atom stereocenters. The number of aromatic nitrogens is 4. The lowest BCUT2D eigenvalue weighted by Crippen LogP contribution is -2.13. The lowest BCUT2D eigenvalue weighted by Gasteiger charge is -2.17. The minimum Gasteiger partial charge on any atom is -0.363 e. The molecule has 0 spiro atoms. The van der Waals surface area contributed by atoms with Gasteiger partial charge in [-0.05, 0) is 25.0 Å². The second-order valence-electron chi connectivity index (χ2n) is 5.65. The van der Waals surface area contributed by atoms with E-state index in [0.29, 0.717) is 5.78 Å². The van der Waals surface area contributed by atoms with Crippen molar-refractivity contribution in [2.75, 3.05) is 5.32 Å². The summed E-state index contributed by atoms with van der Waals surface area (Å²) in [7, 11) is 0. The van der Waals surface area contributed by atoms with Gasteiger partial charge in [0.15, 0.2) is 0 Å². The Morgan fingerprint density at radius 1 is 1.21 bits per heavy atom. The minimum absolute atomic E-state index is 0.112. The fourth-order valence-corrected chi connectivity index (χ4v) is 2.49. The van der Waals surface area contributed by atoms with Crippen LogP contribution in [0.4, 0.5) is 19.0 Å². The molecule has 2 heterocycles. The molecule has 1 atom stereocenters. The molecular weight excluding hydrogens is 319 g/mol. The molecule has 0 aliphatic carbocycles. The molecule has 0 radical (unpaired) electrons. The zero-order chi connectivity index (χ0) is 17.3. The van der Waals surface area contributed by atoms with E-state index in [-0.39, 0.29) is 11.6 Å². The molecule has 0 fully saturated rings. The predicted octanol–water partition coefficient (Wildman–Crippen LogP) is 3.71. The Labute approximate surface area is 136 Å². The van der Waals surface area contributed by atoms with Crippen LogP contribution in [0.2, 0.25) is 0 Å². The van der Waals surface area contributed by atoms with Gasteiger partial charge < -0.3 is 5.32 Å². The fraction of sp³-hybridized carbons (Fsp3) is 0.312. The van der Waals surface area contributed by atoms with Crippen molar-refractivity contribution >= 4 is 11.6 Å². The van der Waals surface area contributed by atoms with Gasteiger partial charge in [0, 0.05) is 17.8 Å². The third kappa shape index (κ3) is 3.64. The number of rotatable bonds is 4. The van der Waals surface area contributed by atoms with Crippen LogP contribution < -0.4 is 5.32 Å². The molecule has 0 bridgehead atoms. The standard InChI is InChI=1S/C16H16F3N5/c1-10-7-14(24-15(22-10)20-9-21-24)23-11(2)13-5-3-12(4-6-13)8-16(17,18)19/h3-7,9,11,23H,8H2,1-2H3/t11-/m1/s1. The minimum atomic E-state index is -4.20. The summed E-state index contributed by atoms with van der Waals surface area (Å²) in [5, 5.41) is 7.41. The molecule has 0 saturated carbocycles. The first-order chi connectivity index (χ1) is 11.3. The van der Waals surface area contributed by atoms with Crippen molar-refractivity contribution in [2.45, 2.75) is 32.5 Å². The molecule has 1 aromatic carbocycles. The van der Waals surface area contributed by atoms with Crippen molar-refractivity contribution in [3.8, 4) is 0 Å². The first-order valence-electron chi connectivity index (χ1n) is 7.41. The van der Waals surface area contributed by atoms with Gasteiger partial charge in [-0.2, -0.15) is 27.8 Å². The fourth-order valence-electron chi connectivity index (χ4n) is 2.49. The summed E-state index contributed by atoms with van der Waals surface area (Å²) < 4.78 is 38.8. The topological polar surface area (TPSA) is 55.1 Å². The van der Waals surface area contributed by atoms with E-state index in [4.69, 9.17) is 0 Å². The molecular formula is C16H16F3N5. The normalized spacial score (nSPS) is 13.2. The highest BCUT2D eigenvalue weighted by Gasteiger charge is 2.27. The maximum absolute atomic E-state index is 12.4. The van der Waals surface area contributed by atoms with Crippen LogP contribution in [0.25, 0.3) is 5.78 Å². The summed E-state index contributed by atoms with van der Waals surface area (Å²) in [5.74, 6) is 1.21. The van der Waals surface area contributed by atoms with Crippen LogP contribution in [0.1, 0.15) is 29.8 Å². The van der Waals surface area contributed by atoms with E-state index in [1.807, 2.05) is 19.9 Å². The number of alkyl halides is 3. The highest BCUT2D eigenvalue weighted by atomic mass is 19.4. The van der Waals surface area contributed by atoms with E-state index < -0.39 is 12.6 Å². The molecule has 24 heavy (non-hydrogen) atoms. The van der Waals surface area contributed by atoms with Crippen LogP contribution >= 0.6 is 0 Å². The average Bonchev–Trinajstić information content (AvgIpc) is 2.94. The number of anilines is 1. The van der Waals surface area contributed by atoms with Crippen LogP contribution in [0, 0.1) is 6.92 Å². The molecule has 0 aliphatic rings. The van der Waals surface area contributed by atoms with Crippen LogP contribution in [-0.2, 0) is 6.42 Å². The summed E-state index contributed by atoms with van der Waals surface area (Å²) in [5.41, 5.74) is 1.92. The third-order valence-corrected chi connectivity index (χ3v) is 3.63. The van der Waals surface area contributed by atoms with Crippen molar-refractivity contribution in [2.24, 2.45) is 0 Å². The second-order valence-corrected chi connectivity index (χ2v) is 5.65. The van der Waals surface area contributed by atoms with E-state index in [0.717, 1.165) is 17.1 Å². The van der Waals surface area contributed by atoms with Crippen molar-refractivity contribution in [1.29, 1.82) is 0 Å². The van der Waals surface area contributed by atoms with Gasteiger partial charge in [0.2, 0.25) is 0 Å². The van der Waals surface area contributed by atoms with E-state index in [1.165, 1.54) is 18.5 Å². The van der Waals surface area contributed by atoms with Crippen molar-refractivity contribution in [3.63, 3.8) is 0 Å². The summed E-state index contributed by atoms with van der Waals surface area (Å²) in [6.07, 6.45) is -3.69. The summed E-state index contributed by atoms with van der Waals surface area (Å²) in [4.78, 5) is 8.32. The molecule has 1 N–H and O–H groups in total. The zero-order valence-corrected chi connectivity index (χ0v) is 13.2. The van der Waals surface area contributed by atoms with E-state index >= 15 is 0 Å². The maximum Gasteiger partial charge on any atom is 0.393 e. The predicted molar refractivity (Wildman–Crippen MR) is 83.8 cm³/mol. The zero-order valence-electron chi connectivity index (χ0n) is 13.2. The Morgan fingerprint density at radius 3 is 2.58 bits per heavy atom. The molecule has 0 amide bonds. The maximum atomic E-state index is 12.4. The van der Waals surface area contributed by atoms with Gasteiger partial charge in [-0.25, -0.2) is 4.98 Å². The monoisotopic (exact) mass is 335 g/mol. The number of halogens is 3. The van der Waals surface area contributed by atoms with Crippen LogP contribution in [0.5, 0.6) is 0 Å². The van der Waals surface area contributed by atoms with Gasteiger partial charge in [-0.15, -0.1) is 0 Å². The largest absolute Gasteiger partial charge is 0.393 e. The molecule has 0 saturated heterocycles. The van der Waals surface area contributed by atoms with E-state index in [1.54, 1.807) is 16.6 Å². The van der Waals surface area contributed by atoms with Crippen molar-refractivity contribution in [1.82, 2.24) is 19.6 Å². The summed E-state index contributed by atoms with van der Waals surface area (Å²) >= 11 is 0. The highest BCUT2D eigenvalue weighted by Crippen LogP contribution is 2.24. The molecule has 126 valence electrons. The number of fused-ring (bicyclic) bond motifs is 1. The van der Waals surface area contributed by atoms with Gasteiger partial charge in [-0.3, -0.25) is 0 Å². The van der Waals surface area contributed by atoms with Gasteiger partial charge in [0.05, 0.1) is 6.42 Å². The highest BCUT2D eigenvalue weighted by molar-refractivity contribution is 5.46. The number of hydrogen-bond donors (Lipinski definition) is 1. The summed E-state index contributed by atoms with van der Waals surface area (Å²) in [6.45, 7) is 3.79. The molecule has 8 heteroatoms. The lowest BCUT2D eigenvalue weighted by atomic mass is 10.0. The Balaban J connectivity index is 1.79. The van der Waals surface area contributed by atoms with Crippen molar-refractivity contribution in [3.05, 3.63) is 53.5 Å². The molecule has 5 nitrogen and oxygen atoms in total. The quantitative estimate of drug-likeness (QED) is 0.790. The van der Waals surface area contributed by atoms with Gasteiger partial charge >= 0.3 is 6.18 Å². The molecule has 0 aliphatic heterocycles. The second kappa shape index (κ2) is 6.10. The Hall–Kier alpha value is -2.64.